The zero-order valence-corrected chi connectivity index (χ0v) is 14.2. The van der Waals surface area contributed by atoms with Crippen molar-refractivity contribution < 1.29 is 9.53 Å². The summed E-state index contributed by atoms with van der Waals surface area (Å²) in [5.41, 5.74) is 3.68. The average molecular weight is 304 g/mol. The highest BCUT2D eigenvalue weighted by Gasteiger charge is 2.19. The molecule has 2 rings (SSSR count). The van der Waals surface area contributed by atoms with E-state index in [1.54, 1.807) is 6.92 Å². The van der Waals surface area contributed by atoms with Crippen molar-refractivity contribution in [1.82, 2.24) is 10.2 Å². The number of ether oxygens (including phenoxy) is 1. The largest absolute Gasteiger partial charge is 0.492 e. The van der Waals surface area contributed by atoms with Crippen LogP contribution in [-0.4, -0.2) is 43.1 Å². The Morgan fingerprint density at radius 3 is 2.36 bits per heavy atom. The van der Waals surface area contributed by atoms with Crippen molar-refractivity contribution in [2.24, 2.45) is 0 Å². The Kier molecular flexibility index (Phi) is 5.83. The van der Waals surface area contributed by atoms with Gasteiger partial charge >= 0.3 is 0 Å². The first-order valence-corrected chi connectivity index (χ1v) is 8.17. The predicted octanol–water partition coefficient (Wildman–Crippen LogP) is 2.59. The lowest BCUT2D eigenvalue weighted by atomic mass is 10.1. The summed E-state index contributed by atoms with van der Waals surface area (Å²) in [7, 11) is 0. The van der Waals surface area contributed by atoms with E-state index in [0.29, 0.717) is 12.6 Å². The van der Waals surface area contributed by atoms with Gasteiger partial charge in [-0.1, -0.05) is 17.7 Å². The standard InChI is InChI=1S/C18H28N2O2/c1-13-11-14(2)18(15(3)12-13)22-10-7-19-17-5-8-20(9-6-17)16(4)21/h11-12,17,19H,5-10H2,1-4H3. The Bertz CT molecular complexity index is 497. The van der Waals surface area contributed by atoms with Crippen molar-refractivity contribution in [3.05, 3.63) is 28.8 Å². The topological polar surface area (TPSA) is 41.6 Å². The van der Waals surface area contributed by atoms with Gasteiger partial charge in [-0.2, -0.15) is 0 Å². The number of hydrogen-bond acceptors (Lipinski definition) is 3. The lowest BCUT2D eigenvalue weighted by Gasteiger charge is -2.31. The minimum atomic E-state index is 0.187. The van der Waals surface area contributed by atoms with E-state index in [1.165, 1.54) is 16.7 Å². The van der Waals surface area contributed by atoms with Crippen LogP contribution in [0.25, 0.3) is 0 Å². The van der Waals surface area contributed by atoms with Gasteiger partial charge in [-0.05, 0) is 44.7 Å². The van der Waals surface area contributed by atoms with Crippen molar-refractivity contribution >= 4 is 5.91 Å². The summed E-state index contributed by atoms with van der Waals surface area (Å²) in [6.45, 7) is 11.2. The number of carbonyl (C=O) groups is 1. The van der Waals surface area contributed by atoms with E-state index in [0.717, 1.165) is 38.2 Å². The molecule has 1 fully saturated rings. The smallest absolute Gasteiger partial charge is 0.219 e. The van der Waals surface area contributed by atoms with Crippen molar-refractivity contribution in [3.8, 4) is 5.75 Å². The van der Waals surface area contributed by atoms with Gasteiger partial charge in [0.05, 0.1) is 0 Å². The number of nitrogens with zero attached hydrogens (tertiary/aromatic N) is 1. The molecule has 0 atom stereocenters. The third kappa shape index (κ3) is 4.47. The molecule has 1 N–H and O–H groups in total. The maximum atomic E-state index is 11.3. The van der Waals surface area contributed by atoms with Gasteiger partial charge in [0.15, 0.2) is 0 Å². The number of rotatable bonds is 5. The molecule has 4 heteroatoms. The van der Waals surface area contributed by atoms with E-state index in [4.69, 9.17) is 4.74 Å². The number of carbonyl (C=O) groups excluding carboxylic acids is 1. The second kappa shape index (κ2) is 7.63. The molecule has 22 heavy (non-hydrogen) atoms. The van der Waals surface area contributed by atoms with Gasteiger partial charge in [-0.25, -0.2) is 0 Å². The van der Waals surface area contributed by atoms with Crippen molar-refractivity contribution in [2.75, 3.05) is 26.2 Å². The fourth-order valence-electron chi connectivity index (χ4n) is 3.21. The third-order valence-electron chi connectivity index (χ3n) is 4.33. The van der Waals surface area contributed by atoms with Crippen LogP contribution in [-0.2, 0) is 4.79 Å². The normalized spacial score (nSPS) is 15.9. The molecule has 0 unspecified atom stereocenters. The lowest BCUT2D eigenvalue weighted by molar-refractivity contribution is -0.129. The zero-order valence-electron chi connectivity index (χ0n) is 14.2. The van der Waals surface area contributed by atoms with E-state index in [9.17, 15) is 4.79 Å². The number of likely N-dealkylation sites (tertiary alicyclic amines) is 1. The molecule has 1 aromatic carbocycles. The highest BCUT2D eigenvalue weighted by atomic mass is 16.5. The molecule has 122 valence electrons. The molecule has 1 aliphatic rings. The quantitative estimate of drug-likeness (QED) is 0.850. The molecular formula is C18H28N2O2. The van der Waals surface area contributed by atoms with Crippen LogP contribution >= 0.6 is 0 Å². The molecular weight excluding hydrogens is 276 g/mol. The van der Waals surface area contributed by atoms with Crippen LogP contribution in [0.3, 0.4) is 0 Å². The summed E-state index contributed by atoms with van der Waals surface area (Å²) < 4.78 is 5.95. The Hall–Kier alpha value is -1.55. The predicted molar refractivity (Wildman–Crippen MR) is 89.4 cm³/mol. The fourth-order valence-corrected chi connectivity index (χ4v) is 3.21. The Balaban J connectivity index is 1.71. The first kappa shape index (κ1) is 16.8. The van der Waals surface area contributed by atoms with Gasteiger partial charge < -0.3 is 15.0 Å². The van der Waals surface area contributed by atoms with Gasteiger partial charge in [0, 0.05) is 32.6 Å². The molecule has 0 aromatic heterocycles. The summed E-state index contributed by atoms with van der Waals surface area (Å²) in [6.07, 6.45) is 2.06. The minimum absolute atomic E-state index is 0.187. The third-order valence-corrected chi connectivity index (χ3v) is 4.33. The van der Waals surface area contributed by atoms with Crippen LogP contribution in [0.15, 0.2) is 12.1 Å². The van der Waals surface area contributed by atoms with Gasteiger partial charge in [0.25, 0.3) is 0 Å². The van der Waals surface area contributed by atoms with Crippen molar-refractivity contribution in [3.63, 3.8) is 0 Å². The number of nitrogens with one attached hydrogen (secondary N) is 1. The number of benzene rings is 1. The second-order valence-corrected chi connectivity index (χ2v) is 6.31. The second-order valence-electron chi connectivity index (χ2n) is 6.31. The van der Waals surface area contributed by atoms with Crippen LogP contribution < -0.4 is 10.1 Å². The molecule has 0 aliphatic carbocycles. The Labute approximate surface area is 133 Å². The average Bonchev–Trinajstić information content (AvgIpc) is 2.46. The summed E-state index contributed by atoms with van der Waals surface area (Å²) >= 11 is 0. The lowest BCUT2D eigenvalue weighted by Crippen LogP contribution is -2.45. The van der Waals surface area contributed by atoms with Crippen LogP contribution in [0.4, 0.5) is 0 Å². The summed E-state index contributed by atoms with van der Waals surface area (Å²) in [5, 5.41) is 3.54. The molecule has 1 heterocycles. The minimum Gasteiger partial charge on any atom is -0.492 e. The molecule has 1 amide bonds. The molecule has 1 aromatic rings. The molecule has 4 nitrogen and oxygen atoms in total. The fraction of sp³-hybridized carbons (Fsp3) is 0.611. The highest BCUT2D eigenvalue weighted by molar-refractivity contribution is 5.73. The highest BCUT2D eigenvalue weighted by Crippen LogP contribution is 2.24. The van der Waals surface area contributed by atoms with Crippen molar-refractivity contribution in [1.29, 1.82) is 0 Å². The molecule has 1 aliphatic heterocycles. The van der Waals surface area contributed by atoms with Crippen LogP contribution in [0, 0.1) is 20.8 Å². The monoisotopic (exact) mass is 304 g/mol. The molecule has 0 saturated carbocycles. The van der Waals surface area contributed by atoms with E-state index < -0.39 is 0 Å². The molecule has 0 spiro atoms. The van der Waals surface area contributed by atoms with Gasteiger partial charge in [0.2, 0.25) is 5.91 Å². The SMILES string of the molecule is CC(=O)N1CCC(NCCOc2c(C)cc(C)cc2C)CC1. The summed E-state index contributed by atoms with van der Waals surface area (Å²) in [5.74, 6) is 1.20. The number of piperidine rings is 1. The van der Waals surface area contributed by atoms with E-state index in [-0.39, 0.29) is 5.91 Å². The molecule has 1 saturated heterocycles. The summed E-state index contributed by atoms with van der Waals surface area (Å²) in [4.78, 5) is 13.2. The Morgan fingerprint density at radius 2 is 1.82 bits per heavy atom. The van der Waals surface area contributed by atoms with Crippen LogP contribution in [0.1, 0.15) is 36.5 Å². The first-order valence-electron chi connectivity index (χ1n) is 8.17. The Morgan fingerprint density at radius 1 is 1.23 bits per heavy atom. The van der Waals surface area contributed by atoms with Crippen LogP contribution in [0.2, 0.25) is 0 Å². The molecule has 0 bridgehead atoms. The van der Waals surface area contributed by atoms with Crippen molar-refractivity contribution in [2.45, 2.75) is 46.6 Å². The van der Waals surface area contributed by atoms with E-state index in [2.05, 4.69) is 38.2 Å². The molecule has 0 radical (unpaired) electrons. The van der Waals surface area contributed by atoms with E-state index in [1.807, 2.05) is 4.90 Å². The number of aryl methyl sites for hydroxylation is 3. The summed E-state index contributed by atoms with van der Waals surface area (Å²) in [6, 6.07) is 4.82. The number of hydrogen-bond donors (Lipinski definition) is 1. The van der Waals surface area contributed by atoms with Gasteiger partial charge in [-0.15, -0.1) is 0 Å². The van der Waals surface area contributed by atoms with E-state index >= 15 is 0 Å². The first-order chi connectivity index (χ1) is 10.5. The van der Waals surface area contributed by atoms with Gasteiger partial charge in [-0.3, -0.25) is 4.79 Å². The zero-order chi connectivity index (χ0) is 16.1. The maximum absolute atomic E-state index is 11.3. The number of amides is 1. The maximum Gasteiger partial charge on any atom is 0.219 e. The van der Waals surface area contributed by atoms with Crippen LogP contribution in [0.5, 0.6) is 5.75 Å². The van der Waals surface area contributed by atoms with Gasteiger partial charge in [0.1, 0.15) is 12.4 Å².